The van der Waals surface area contributed by atoms with E-state index in [4.69, 9.17) is 10.3 Å². The number of nitrogens with two attached hydrogens (primary N) is 1. The summed E-state index contributed by atoms with van der Waals surface area (Å²) >= 11 is 0. The van der Waals surface area contributed by atoms with Gasteiger partial charge in [0.05, 0.1) is 0 Å². The van der Waals surface area contributed by atoms with Crippen LogP contribution in [0.4, 0.5) is 8.78 Å². The summed E-state index contributed by atoms with van der Waals surface area (Å²) in [6.07, 6.45) is 0.745. The number of rotatable bonds is 4. The van der Waals surface area contributed by atoms with Crippen molar-refractivity contribution in [1.29, 1.82) is 0 Å². The second kappa shape index (κ2) is 5.29. The summed E-state index contributed by atoms with van der Waals surface area (Å²) in [5.74, 6) is 5.46. The Balaban J connectivity index is 2.38. The van der Waals surface area contributed by atoms with Gasteiger partial charge in [0.2, 0.25) is 0 Å². The smallest absolute Gasteiger partial charge is 0.126 e. The Morgan fingerprint density at radius 2 is 1.89 bits per heavy atom. The molecule has 1 atom stereocenters. The lowest BCUT2D eigenvalue weighted by atomic mass is 10.1. The predicted molar refractivity (Wildman–Crippen MR) is 63.6 cm³/mol. The summed E-state index contributed by atoms with van der Waals surface area (Å²) in [6, 6.07) is 6.25. The summed E-state index contributed by atoms with van der Waals surface area (Å²) in [7, 11) is 0. The molecule has 3 N–H and O–H groups in total. The van der Waals surface area contributed by atoms with Gasteiger partial charge in [-0.2, -0.15) is 0 Å². The molecular weight excluding hydrogens is 238 g/mol. The zero-order chi connectivity index (χ0) is 13.1. The third-order valence-electron chi connectivity index (χ3n) is 2.70. The van der Waals surface area contributed by atoms with E-state index in [1.807, 2.05) is 13.0 Å². The molecule has 0 radical (unpaired) electrons. The molecule has 2 aromatic rings. The highest BCUT2D eigenvalue weighted by atomic mass is 19.1. The summed E-state index contributed by atoms with van der Waals surface area (Å²) in [6.45, 7) is 1.95. The van der Waals surface area contributed by atoms with Gasteiger partial charge in [0.25, 0.3) is 0 Å². The van der Waals surface area contributed by atoms with Crippen LogP contribution >= 0.6 is 0 Å². The third kappa shape index (κ3) is 2.57. The van der Waals surface area contributed by atoms with Crippen LogP contribution in [0.5, 0.6) is 0 Å². The molecule has 18 heavy (non-hydrogen) atoms. The van der Waals surface area contributed by atoms with Gasteiger partial charge in [0.1, 0.15) is 29.2 Å². The molecule has 1 aromatic carbocycles. The molecule has 1 aromatic heterocycles. The SMILES string of the molecule is CCc1ccc(C(NN)c2cc(F)cc(F)c2)o1. The second-order valence-corrected chi connectivity index (χ2v) is 3.96. The van der Waals surface area contributed by atoms with Crippen LogP contribution in [-0.2, 0) is 6.42 Å². The molecule has 2 rings (SSSR count). The molecule has 0 amide bonds. The maximum atomic E-state index is 13.2. The average Bonchev–Trinajstić information content (AvgIpc) is 2.77. The van der Waals surface area contributed by atoms with Gasteiger partial charge in [-0.1, -0.05) is 6.92 Å². The molecule has 0 spiro atoms. The maximum Gasteiger partial charge on any atom is 0.126 e. The zero-order valence-corrected chi connectivity index (χ0v) is 9.91. The van der Waals surface area contributed by atoms with Crippen LogP contribution in [0.2, 0.25) is 0 Å². The molecule has 0 bridgehead atoms. The lowest BCUT2D eigenvalue weighted by Crippen LogP contribution is -2.28. The van der Waals surface area contributed by atoms with Crippen molar-refractivity contribution in [3.8, 4) is 0 Å². The van der Waals surface area contributed by atoms with Gasteiger partial charge in [-0.3, -0.25) is 5.84 Å². The van der Waals surface area contributed by atoms with E-state index in [9.17, 15) is 8.78 Å². The van der Waals surface area contributed by atoms with E-state index in [1.54, 1.807) is 6.07 Å². The van der Waals surface area contributed by atoms with Crippen LogP contribution < -0.4 is 11.3 Å². The van der Waals surface area contributed by atoms with Crippen molar-refractivity contribution < 1.29 is 13.2 Å². The Hall–Kier alpha value is -1.72. The Morgan fingerprint density at radius 1 is 1.22 bits per heavy atom. The normalized spacial score (nSPS) is 12.7. The lowest BCUT2D eigenvalue weighted by Gasteiger charge is -2.14. The van der Waals surface area contributed by atoms with Crippen LogP contribution in [0.1, 0.15) is 30.0 Å². The van der Waals surface area contributed by atoms with Crippen LogP contribution in [0.15, 0.2) is 34.7 Å². The van der Waals surface area contributed by atoms with Gasteiger partial charge in [0, 0.05) is 12.5 Å². The molecule has 1 unspecified atom stereocenters. The highest BCUT2D eigenvalue weighted by Gasteiger charge is 2.18. The fraction of sp³-hybridized carbons (Fsp3) is 0.231. The molecule has 0 aliphatic rings. The van der Waals surface area contributed by atoms with Crippen molar-refractivity contribution in [2.75, 3.05) is 0 Å². The summed E-state index contributed by atoms with van der Waals surface area (Å²) < 4.78 is 31.9. The second-order valence-electron chi connectivity index (χ2n) is 3.96. The van der Waals surface area contributed by atoms with Crippen molar-refractivity contribution in [1.82, 2.24) is 5.43 Å². The number of nitrogens with one attached hydrogen (secondary N) is 1. The molecule has 0 saturated heterocycles. The minimum Gasteiger partial charge on any atom is -0.464 e. The number of hydrazine groups is 1. The third-order valence-corrected chi connectivity index (χ3v) is 2.70. The topological polar surface area (TPSA) is 51.2 Å². The Kier molecular flexibility index (Phi) is 3.74. The fourth-order valence-corrected chi connectivity index (χ4v) is 1.82. The first-order chi connectivity index (χ1) is 8.63. The number of furan rings is 1. The van der Waals surface area contributed by atoms with Gasteiger partial charge < -0.3 is 4.42 Å². The predicted octanol–water partition coefficient (Wildman–Crippen LogP) is 2.67. The van der Waals surface area contributed by atoms with E-state index >= 15 is 0 Å². The van der Waals surface area contributed by atoms with Crippen LogP contribution in [0.25, 0.3) is 0 Å². The number of benzene rings is 1. The van der Waals surface area contributed by atoms with Gasteiger partial charge in [0.15, 0.2) is 0 Å². The Morgan fingerprint density at radius 3 is 2.39 bits per heavy atom. The molecular formula is C13H14F2N2O. The van der Waals surface area contributed by atoms with Crippen molar-refractivity contribution in [2.45, 2.75) is 19.4 Å². The van der Waals surface area contributed by atoms with Crippen molar-refractivity contribution >= 4 is 0 Å². The summed E-state index contributed by atoms with van der Waals surface area (Å²) in [4.78, 5) is 0. The zero-order valence-electron chi connectivity index (χ0n) is 9.91. The Labute approximate surface area is 104 Å². The molecule has 0 fully saturated rings. The molecule has 3 nitrogen and oxygen atoms in total. The first-order valence-corrected chi connectivity index (χ1v) is 5.64. The molecule has 5 heteroatoms. The molecule has 1 heterocycles. The summed E-state index contributed by atoms with van der Waals surface area (Å²) in [5, 5.41) is 0. The number of halogens is 2. The van der Waals surface area contributed by atoms with E-state index in [-0.39, 0.29) is 0 Å². The van der Waals surface area contributed by atoms with Crippen LogP contribution in [0.3, 0.4) is 0 Å². The van der Waals surface area contributed by atoms with E-state index in [2.05, 4.69) is 5.43 Å². The van der Waals surface area contributed by atoms with Gasteiger partial charge in [-0.05, 0) is 29.8 Å². The van der Waals surface area contributed by atoms with E-state index < -0.39 is 17.7 Å². The summed E-state index contributed by atoms with van der Waals surface area (Å²) in [5.41, 5.74) is 2.88. The fourth-order valence-electron chi connectivity index (χ4n) is 1.82. The molecule has 0 aliphatic heterocycles. The standard InChI is InChI=1S/C13H14F2N2O/c1-2-11-3-4-12(18-11)13(17-16)8-5-9(14)7-10(15)6-8/h3-7,13,17H,2,16H2,1H3. The Bertz CT molecular complexity index is 519. The first-order valence-electron chi connectivity index (χ1n) is 5.64. The molecule has 0 saturated carbocycles. The van der Waals surface area contributed by atoms with Crippen molar-refractivity contribution in [3.05, 3.63) is 59.1 Å². The lowest BCUT2D eigenvalue weighted by molar-refractivity contribution is 0.424. The number of hydrogen-bond donors (Lipinski definition) is 2. The van der Waals surface area contributed by atoms with Gasteiger partial charge in [-0.15, -0.1) is 0 Å². The van der Waals surface area contributed by atoms with Gasteiger partial charge in [-0.25, -0.2) is 14.2 Å². The highest BCUT2D eigenvalue weighted by molar-refractivity contribution is 5.28. The molecule has 0 aliphatic carbocycles. The van der Waals surface area contributed by atoms with E-state index in [1.165, 1.54) is 12.1 Å². The first kappa shape index (κ1) is 12.7. The minimum atomic E-state index is -0.646. The largest absolute Gasteiger partial charge is 0.464 e. The quantitative estimate of drug-likeness (QED) is 0.649. The van der Waals surface area contributed by atoms with Crippen molar-refractivity contribution in [3.63, 3.8) is 0 Å². The minimum absolute atomic E-state index is 0.381. The number of aryl methyl sites for hydroxylation is 1. The average molecular weight is 252 g/mol. The molecule has 96 valence electrons. The van der Waals surface area contributed by atoms with Gasteiger partial charge >= 0.3 is 0 Å². The van der Waals surface area contributed by atoms with E-state index in [0.29, 0.717) is 11.3 Å². The highest BCUT2D eigenvalue weighted by Crippen LogP contribution is 2.24. The van der Waals surface area contributed by atoms with Crippen molar-refractivity contribution in [2.24, 2.45) is 5.84 Å². The monoisotopic (exact) mass is 252 g/mol. The van der Waals surface area contributed by atoms with Crippen LogP contribution in [0, 0.1) is 11.6 Å². The number of hydrogen-bond acceptors (Lipinski definition) is 3. The maximum absolute atomic E-state index is 13.2. The van der Waals surface area contributed by atoms with Crippen LogP contribution in [-0.4, -0.2) is 0 Å². The van der Waals surface area contributed by atoms with E-state index in [0.717, 1.165) is 18.2 Å².